The number of hydrogen-bond donors (Lipinski definition) is 1. The van der Waals surface area contributed by atoms with E-state index in [1.165, 1.54) is 0 Å². The van der Waals surface area contributed by atoms with Crippen molar-refractivity contribution in [3.8, 4) is 11.4 Å². The van der Waals surface area contributed by atoms with Crippen LogP contribution in [-0.4, -0.2) is 39.7 Å². The van der Waals surface area contributed by atoms with Gasteiger partial charge in [0, 0.05) is 24.3 Å². The minimum atomic E-state index is -0.372. The number of thiazole rings is 1. The van der Waals surface area contributed by atoms with Gasteiger partial charge in [-0.15, -0.1) is 11.3 Å². The summed E-state index contributed by atoms with van der Waals surface area (Å²) in [5.41, 5.74) is 3.12. The predicted molar refractivity (Wildman–Crippen MR) is 121 cm³/mol. The number of carbonyl (C=O) groups is 1. The molecule has 4 heterocycles. The molecule has 1 aliphatic carbocycles. The lowest BCUT2D eigenvalue weighted by Crippen LogP contribution is -2.39. The summed E-state index contributed by atoms with van der Waals surface area (Å²) in [5, 5.41) is 6.45. The number of carbonyl (C=O) groups excluding carboxylic acids is 1. The average molecular weight is 436 g/mol. The largest absolute Gasteiger partial charge is 0.441 e. The second kappa shape index (κ2) is 8.26. The van der Waals surface area contributed by atoms with Crippen LogP contribution in [0.2, 0.25) is 0 Å². The number of ether oxygens (including phenoxy) is 1. The first kappa shape index (κ1) is 19.9. The van der Waals surface area contributed by atoms with Crippen molar-refractivity contribution >= 4 is 28.2 Å². The molecule has 8 heteroatoms. The van der Waals surface area contributed by atoms with Gasteiger partial charge in [-0.2, -0.15) is 0 Å². The molecule has 1 saturated heterocycles. The van der Waals surface area contributed by atoms with Gasteiger partial charge in [0.2, 0.25) is 0 Å². The molecule has 0 aromatic carbocycles. The molecule has 3 aromatic rings. The molecule has 7 nitrogen and oxygen atoms in total. The Balaban J connectivity index is 1.16. The maximum absolute atomic E-state index is 12.6. The number of hydrogen-bond acceptors (Lipinski definition) is 7. The van der Waals surface area contributed by atoms with E-state index in [1.807, 2.05) is 42.6 Å². The molecule has 1 saturated carbocycles. The third kappa shape index (κ3) is 4.12. The van der Waals surface area contributed by atoms with Crippen molar-refractivity contribution in [3.05, 3.63) is 53.8 Å². The van der Waals surface area contributed by atoms with E-state index in [1.54, 1.807) is 28.6 Å². The molecule has 1 aliphatic heterocycles. The number of rotatable bonds is 5. The summed E-state index contributed by atoms with van der Waals surface area (Å²) in [4.78, 5) is 27.6. The highest BCUT2D eigenvalue weighted by Crippen LogP contribution is 2.41. The van der Waals surface area contributed by atoms with Crippen LogP contribution in [0.1, 0.15) is 31.4 Å². The normalized spacial score (nSPS) is 23.2. The Bertz CT molecular complexity index is 1060. The van der Waals surface area contributed by atoms with Crippen LogP contribution >= 0.6 is 11.3 Å². The SMILES string of the molecule is Cc1ncccc1N1CC2(CCC(CNc3nc(-c4ccccn4)cs3)CC2)OC1=O. The van der Waals surface area contributed by atoms with Gasteiger partial charge in [-0.3, -0.25) is 14.9 Å². The Hall–Kier alpha value is -3.00. The smallest absolute Gasteiger partial charge is 0.415 e. The van der Waals surface area contributed by atoms with Crippen LogP contribution in [0, 0.1) is 12.8 Å². The fourth-order valence-corrected chi connectivity index (χ4v) is 5.17. The standard InChI is InChI=1S/C23H25N5O2S/c1-16-20(6-4-12-24-16)28-15-23(30-22(28)29)9-7-17(8-10-23)13-26-21-27-19(14-31-21)18-5-2-3-11-25-18/h2-6,11-12,14,17H,7-10,13,15H2,1H3,(H,26,27). The lowest BCUT2D eigenvalue weighted by molar-refractivity contribution is 0.0148. The van der Waals surface area contributed by atoms with Gasteiger partial charge in [0.05, 0.1) is 23.6 Å². The number of aromatic nitrogens is 3. The van der Waals surface area contributed by atoms with Crippen LogP contribution in [0.5, 0.6) is 0 Å². The van der Waals surface area contributed by atoms with Crippen molar-refractivity contribution in [3.63, 3.8) is 0 Å². The third-order valence-corrected chi connectivity index (χ3v) is 7.03. The van der Waals surface area contributed by atoms with Crippen molar-refractivity contribution < 1.29 is 9.53 Å². The second-order valence-corrected chi connectivity index (χ2v) is 9.18. The first-order valence-electron chi connectivity index (χ1n) is 10.6. The van der Waals surface area contributed by atoms with Gasteiger partial charge < -0.3 is 10.1 Å². The van der Waals surface area contributed by atoms with E-state index in [2.05, 4.69) is 20.3 Å². The van der Waals surface area contributed by atoms with Crippen LogP contribution in [0.25, 0.3) is 11.4 Å². The molecule has 31 heavy (non-hydrogen) atoms. The van der Waals surface area contributed by atoms with E-state index in [-0.39, 0.29) is 11.7 Å². The van der Waals surface area contributed by atoms with Gasteiger partial charge in [-0.25, -0.2) is 9.78 Å². The van der Waals surface area contributed by atoms with Gasteiger partial charge in [0.25, 0.3) is 0 Å². The molecular weight excluding hydrogens is 410 g/mol. The number of nitrogens with one attached hydrogen (secondary N) is 1. The van der Waals surface area contributed by atoms with E-state index in [9.17, 15) is 4.79 Å². The molecule has 2 fully saturated rings. The van der Waals surface area contributed by atoms with Crippen LogP contribution in [0.15, 0.2) is 48.1 Å². The Morgan fingerprint density at radius 1 is 1.16 bits per heavy atom. The fraction of sp³-hybridized carbons (Fsp3) is 0.391. The first-order valence-corrected chi connectivity index (χ1v) is 11.5. The number of nitrogens with zero attached hydrogens (tertiary/aromatic N) is 4. The van der Waals surface area contributed by atoms with E-state index in [4.69, 9.17) is 4.74 Å². The van der Waals surface area contributed by atoms with E-state index in [0.717, 1.165) is 60.1 Å². The summed E-state index contributed by atoms with van der Waals surface area (Å²) in [7, 11) is 0. The van der Waals surface area contributed by atoms with Gasteiger partial charge in [0.15, 0.2) is 5.13 Å². The predicted octanol–water partition coefficient (Wildman–Crippen LogP) is 4.91. The molecule has 160 valence electrons. The summed E-state index contributed by atoms with van der Waals surface area (Å²) < 4.78 is 5.90. The lowest BCUT2D eigenvalue weighted by atomic mass is 9.78. The van der Waals surface area contributed by atoms with Gasteiger partial charge >= 0.3 is 6.09 Å². The number of aryl methyl sites for hydroxylation is 1. The highest BCUT2D eigenvalue weighted by Gasteiger charge is 2.47. The van der Waals surface area contributed by atoms with Crippen LogP contribution in [-0.2, 0) is 4.74 Å². The van der Waals surface area contributed by atoms with Gasteiger partial charge in [-0.1, -0.05) is 6.07 Å². The Morgan fingerprint density at radius 3 is 2.77 bits per heavy atom. The molecule has 1 amide bonds. The molecule has 2 aliphatic rings. The maximum Gasteiger partial charge on any atom is 0.415 e. The van der Waals surface area contributed by atoms with Crippen LogP contribution in [0.4, 0.5) is 15.6 Å². The molecule has 3 aromatic heterocycles. The fourth-order valence-electron chi connectivity index (χ4n) is 4.46. The lowest BCUT2D eigenvalue weighted by Gasteiger charge is -2.35. The minimum Gasteiger partial charge on any atom is -0.441 e. The quantitative estimate of drug-likeness (QED) is 0.614. The first-order chi connectivity index (χ1) is 15.1. The zero-order valence-corrected chi connectivity index (χ0v) is 18.3. The Morgan fingerprint density at radius 2 is 2.00 bits per heavy atom. The van der Waals surface area contributed by atoms with Crippen LogP contribution < -0.4 is 10.2 Å². The van der Waals surface area contributed by atoms with Crippen molar-refractivity contribution in [1.29, 1.82) is 0 Å². The molecular formula is C23H25N5O2S. The van der Waals surface area contributed by atoms with Crippen molar-refractivity contribution in [1.82, 2.24) is 15.0 Å². The highest BCUT2D eigenvalue weighted by molar-refractivity contribution is 7.14. The molecule has 0 radical (unpaired) electrons. The van der Waals surface area contributed by atoms with Crippen molar-refractivity contribution in [2.75, 3.05) is 23.3 Å². The molecule has 0 bridgehead atoms. The van der Waals surface area contributed by atoms with Crippen LogP contribution in [0.3, 0.4) is 0 Å². The highest BCUT2D eigenvalue weighted by atomic mass is 32.1. The topological polar surface area (TPSA) is 80.2 Å². The summed E-state index contributed by atoms with van der Waals surface area (Å²) >= 11 is 1.61. The van der Waals surface area contributed by atoms with Crippen molar-refractivity contribution in [2.45, 2.75) is 38.2 Å². The van der Waals surface area contributed by atoms with E-state index < -0.39 is 0 Å². The van der Waals surface area contributed by atoms with E-state index >= 15 is 0 Å². The zero-order valence-electron chi connectivity index (χ0n) is 17.5. The summed E-state index contributed by atoms with van der Waals surface area (Å²) in [5.74, 6) is 0.542. The second-order valence-electron chi connectivity index (χ2n) is 8.32. The zero-order chi connectivity index (χ0) is 21.3. The van der Waals surface area contributed by atoms with Crippen molar-refractivity contribution in [2.24, 2.45) is 5.92 Å². The number of anilines is 2. The number of pyridine rings is 2. The molecule has 5 rings (SSSR count). The third-order valence-electron chi connectivity index (χ3n) is 6.23. The maximum atomic E-state index is 12.6. The molecule has 0 unspecified atom stereocenters. The van der Waals surface area contributed by atoms with Gasteiger partial charge in [0.1, 0.15) is 11.3 Å². The Labute approximate surface area is 185 Å². The van der Waals surface area contributed by atoms with Gasteiger partial charge in [-0.05, 0) is 62.8 Å². The monoisotopic (exact) mass is 435 g/mol. The number of amides is 1. The summed E-state index contributed by atoms with van der Waals surface area (Å²) in [6.45, 7) is 3.41. The summed E-state index contributed by atoms with van der Waals surface area (Å²) in [6.07, 6.45) is 7.10. The average Bonchev–Trinajstić information content (AvgIpc) is 3.39. The molecule has 0 atom stereocenters. The summed E-state index contributed by atoms with van der Waals surface area (Å²) in [6, 6.07) is 9.65. The minimum absolute atomic E-state index is 0.252. The Kier molecular flexibility index (Phi) is 5.31. The van der Waals surface area contributed by atoms with E-state index in [0.29, 0.717) is 12.5 Å². The molecule has 1 N–H and O–H groups in total. The molecule has 1 spiro atoms.